The van der Waals surface area contributed by atoms with E-state index in [1.165, 1.54) is 0 Å². The fraction of sp³-hybridized carbons (Fsp3) is 0.579. The van der Waals surface area contributed by atoms with E-state index < -0.39 is 0 Å². The van der Waals surface area contributed by atoms with Gasteiger partial charge in [-0.1, -0.05) is 30.3 Å². The van der Waals surface area contributed by atoms with E-state index in [0.717, 1.165) is 18.4 Å². The highest BCUT2D eigenvalue weighted by molar-refractivity contribution is 5.82. The number of ether oxygens (including phenoxy) is 1. The minimum atomic E-state index is -0.369. The fourth-order valence-electron chi connectivity index (χ4n) is 3.55. The molecule has 1 aromatic carbocycles. The third-order valence-corrected chi connectivity index (χ3v) is 5.10. The van der Waals surface area contributed by atoms with E-state index in [2.05, 4.69) is 0 Å². The van der Waals surface area contributed by atoms with Crippen LogP contribution in [0.15, 0.2) is 30.3 Å². The zero-order valence-electron chi connectivity index (χ0n) is 15.3. The summed E-state index contributed by atoms with van der Waals surface area (Å²) in [5, 5.41) is 0. The van der Waals surface area contributed by atoms with Gasteiger partial charge in [0.15, 0.2) is 0 Å². The van der Waals surface area contributed by atoms with Crippen molar-refractivity contribution in [3.05, 3.63) is 35.9 Å². The summed E-state index contributed by atoms with van der Waals surface area (Å²) in [4.78, 5) is 30.5. The van der Waals surface area contributed by atoms with Gasteiger partial charge >= 0.3 is 6.03 Å². The molecule has 2 heterocycles. The molecule has 1 aromatic rings. The topological polar surface area (TPSA) is 79.1 Å². The predicted molar refractivity (Wildman–Crippen MR) is 98.4 cm³/mol. The van der Waals surface area contributed by atoms with Gasteiger partial charge in [-0.25, -0.2) is 4.79 Å². The molecule has 3 amide bonds. The lowest BCUT2D eigenvalue weighted by Crippen LogP contribution is -2.55. The van der Waals surface area contributed by atoms with E-state index in [1.807, 2.05) is 47.2 Å². The number of hydrogen-bond donors (Lipinski definition) is 1. The average molecular weight is 360 g/mol. The van der Waals surface area contributed by atoms with E-state index in [1.54, 1.807) is 4.90 Å². The number of nitrogens with zero attached hydrogens (tertiary/aromatic N) is 3. The average Bonchev–Trinajstić information content (AvgIpc) is 3.17. The Kier molecular flexibility index (Phi) is 6.11. The van der Waals surface area contributed by atoms with Crippen molar-refractivity contribution in [2.75, 3.05) is 39.8 Å². The molecule has 0 aliphatic carbocycles. The molecule has 7 nitrogen and oxygen atoms in total. The molecule has 0 aromatic heterocycles. The highest BCUT2D eigenvalue weighted by Gasteiger charge is 2.34. The standard InChI is InChI=1S/C19H28N4O3/c1-21(14-15-5-3-2-4-6-15)19(25)23-11-9-22(10-12-23)18(24)17-8-7-16(13-20)26-17/h2-6,16-17H,7-14,20H2,1H3/t16-,17+/m1/s1. The smallest absolute Gasteiger partial charge is 0.320 e. The van der Waals surface area contributed by atoms with E-state index in [0.29, 0.717) is 39.3 Å². The van der Waals surface area contributed by atoms with Crippen LogP contribution in [0.1, 0.15) is 18.4 Å². The van der Waals surface area contributed by atoms with E-state index in [9.17, 15) is 9.59 Å². The van der Waals surface area contributed by atoms with Crippen molar-refractivity contribution in [1.29, 1.82) is 0 Å². The van der Waals surface area contributed by atoms with Gasteiger partial charge < -0.3 is 25.2 Å². The summed E-state index contributed by atoms with van der Waals surface area (Å²) < 4.78 is 5.70. The van der Waals surface area contributed by atoms with E-state index in [4.69, 9.17) is 10.5 Å². The normalized spacial score (nSPS) is 23.2. The Morgan fingerprint density at radius 3 is 2.38 bits per heavy atom. The second kappa shape index (κ2) is 8.51. The Hall–Kier alpha value is -2.12. The molecule has 2 saturated heterocycles. The molecule has 0 saturated carbocycles. The fourth-order valence-corrected chi connectivity index (χ4v) is 3.55. The maximum Gasteiger partial charge on any atom is 0.320 e. The van der Waals surface area contributed by atoms with Gasteiger partial charge in [0.1, 0.15) is 6.10 Å². The Morgan fingerprint density at radius 1 is 1.12 bits per heavy atom. The molecule has 0 bridgehead atoms. The summed E-state index contributed by atoms with van der Waals surface area (Å²) in [6, 6.07) is 9.93. The van der Waals surface area contributed by atoms with Crippen LogP contribution in [0.5, 0.6) is 0 Å². The second-order valence-electron chi connectivity index (χ2n) is 7.00. The van der Waals surface area contributed by atoms with Crippen molar-refractivity contribution in [3.8, 4) is 0 Å². The lowest BCUT2D eigenvalue weighted by molar-refractivity contribution is -0.144. The van der Waals surface area contributed by atoms with Crippen molar-refractivity contribution in [2.45, 2.75) is 31.6 Å². The number of hydrogen-bond acceptors (Lipinski definition) is 4. The molecule has 2 atom stereocenters. The quantitative estimate of drug-likeness (QED) is 0.865. The summed E-state index contributed by atoms with van der Waals surface area (Å²) in [5.74, 6) is 0.0330. The van der Waals surface area contributed by atoms with Crippen LogP contribution in [0, 0.1) is 0 Å². The molecule has 0 spiro atoms. The van der Waals surface area contributed by atoms with Crippen LogP contribution < -0.4 is 5.73 Å². The summed E-state index contributed by atoms with van der Waals surface area (Å²) >= 11 is 0. The van der Waals surface area contributed by atoms with Gasteiger partial charge in [0.25, 0.3) is 5.91 Å². The number of benzene rings is 1. The van der Waals surface area contributed by atoms with Crippen LogP contribution in [0.3, 0.4) is 0 Å². The summed E-state index contributed by atoms with van der Waals surface area (Å²) in [5.41, 5.74) is 6.71. The molecule has 7 heteroatoms. The van der Waals surface area contributed by atoms with Gasteiger partial charge in [0.05, 0.1) is 6.10 Å². The lowest BCUT2D eigenvalue weighted by atomic mass is 10.1. The number of carbonyl (C=O) groups is 2. The lowest BCUT2D eigenvalue weighted by Gasteiger charge is -2.37. The monoisotopic (exact) mass is 360 g/mol. The molecule has 142 valence electrons. The Balaban J connectivity index is 1.47. The number of nitrogens with two attached hydrogens (primary N) is 1. The first kappa shape index (κ1) is 18.7. The largest absolute Gasteiger partial charge is 0.364 e. The van der Waals surface area contributed by atoms with E-state index >= 15 is 0 Å². The molecule has 0 unspecified atom stereocenters. The van der Waals surface area contributed by atoms with Gasteiger partial charge in [0.2, 0.25) is 0 Å². The Morgan fingerprint density at radius 2 is 1.77 bits per heavy atom. The number of carbonyl (C=O) groups excluding carboxylic acids is 2. The molecule has 2 N–H and O–H groups in total. The minimum Gasteiger partial charge on any atom is -0.364 e. The van der Waals surface area contributed by atoms with Crippen molar-refractivity contribution >= 4 is 11.9 Å². The maximum atomic E-state index is 12.6. The molecule has 3 rings (SSSR count). The third kappa shape index (κ3) is 4.34. The number of urea groups is 1. The van der Waals surface area contributed by atoms with Crippen molar-refractivity contribution < 1.29 is 14.3 Å². The maximum absolute atomic E-state index is 12.6. The van der Waals surface area contributed by atoms with Crippen LogP contribution in [0.2, 0.25) is 0 Å². The molecular weight excluding hydrogens is 332 g/mol. The Labute approximate surface area is 154 Å². The predicted octanol–water partition coefficient (Wildman–Crippen LogP) is 0.889. The summed E-state index contributed by atoms with van der Waals surface area (Å²) in [7, 11) is 1.81. The first-order valence-corrected chi connectivity index (χ1v) is 9.26. The first-order chi connectivity index (χ1) is 12.6. The summed E-state index contributed by atoms with van der Waals surface area (Å²) in [6.07, 6.45) is 1.21. The van der Waals surface area contributed by atoms with Crippen LogP contribution in [0.25, 0.3) is 0 Å². The minimum absolute atomic E-state index is 0.00117. The number of piperazine rings is 1. The van der Waals surface area contributed by atoms with Crippen LogP contribution >= 0.6 is 0 Å². The van der Waals surface area contributed by atoms with Crippen molar-refractivity contribution in [3.63, 3.8) is 0 Å². The molecular formula is C19H28N4O3. The highest BCUT2D eigenvalue weighted by Crippen LogP contribution is 2.21. The van der Waals surface area contributed by atoms with Crippen LogP contribution in [-0.2, 0) is 16.1 Å². The summed E-state index contributed by atoms with van der Waals surface area (Å²) in [6.45, 7) is 3.25. The molecule has 2 aliphatic rings. The van der Waals surface area contributed by atoms with Gasteiger partial charge in [-0.15, -0.1) is 0 Å². The van der Waals surface area contributed by atoms with Gasteiger partial charge in [-0.3, -0.25) is 4.79 Å². The van der Waals surface area contributed by atoms with Crippen molar-refractivity contribution in [2.24, 2.45) is 5.73 Å². The number of rotatable bonds is 4. The molecule has 2 aliphatic heterocycles. The Bertz CT molecular complexity index is 616. The third-order valence-electron chi connectivity index (χ3n) is 5.10. The first-order valence-electron chi connectivity index (χ1n) is 9.26. The zero-order chi connectivity index (χ0) is 18.5. The van der Waals surface area contributed by atoms with Gasteiger partial charge in [0, 0.05) is 46.3 Å². The zero-order valence-corrected chi connectivity index (χ0v) is 15.3. The van der Waals surface area contributed by atoms with Gasteiger partial charge in [-0.2, -0.15) is 0 Å². The number of amides is 3. The van der Waals surface area contributed by atoms with E-state index in [-0.39, 0.29) is 24.1 Å². The SMILES string of the molecule is CN(Cc1ccccc1)C(=O)N1CCN(C(=O)[C@@H]2CC[C@H](CN)O2)CC1. The van der Waals surface area contributed by atoms with Gasteiger partial charge in [-0.05, 0) is 18.4 Å². The van der Waals surface area contributed by atoms with Crippen molar-refractivity contribution in [1.82, 2.24) is 14.7 Å². The van der Waals surface area contributed by atoms with Crippen LogP contribution in [0.4, 0.5) is 4.79 Å². The highest BCUT2D eigenvalue weighted by atomic mass is 16.5. The van der Waals surface area contributed by atoms with Crippen LogP contribution in [-0.4, -0.2) is 78.6 Å². The molecule has 26 heavy (non-hydrogen) atoms. The molecule has 0 radical (unpaired) electrons. The second-order valence-corrected chi connectivity index (χ2v) is 7.00. The molecule has 2 fully saturated rings.